The zero-order chi connectivity index (χ0) is 23.7. The number of anilines is 1. The average molecular weight is 484 g/mol. The van der Waals surface area contributed by atoms with Gasteiger partial charge in [0.2, 0.25) is 5.88 Å². The first-order valence-electron chi connectivity index (χ1n) is 9.55. The van der Waals surface area contributed by atoms with Crippen molar-refractivity contribution >= 4 is 38.8 Å². The fourth-order valence-electron chi connectivity index (χ4n) is 3.45. The normalized spacial score (nSPS) is 15.8. The van der Waals surface area contributed by atoms with E-state index in [1.54, 1.807) is 0 Å². The number of carbonyl (C=O) groups excluding carboxylic acids is 2. The number of rotatable bonds is 5. The number of carbonyl (C=O) groups is 2. The molecule has 174 valence electrons. The average Bonchev–Trinajstić information content (AvgIpc) is 3.42. The summed E-state index contributed by atoms with van der Waals surface area (Å²) in [6, 6.07) is 0.574. The van der Waals surface area contributed by atoms with E-state index in [4.69, 9.17) is 4.74 Å². The number of hydrogen-bond donors (Lipinski definition) is 1. The summed E-state index contributed by atoms with van der Waals surface area (Å²) in [5.41, 5.74) is -0.0535. The molecule has 3 heterocycles. The maximum absolute atomic E-state index is 13.7. The summed E-state index contributed by atoms with van der Waals surface area (Å²) < 4.78 is 59.1. The third-order valence-corrected chi connectivity index (χ3v) is 5.90. The van der Waals surface area contributed by atoms with Gasteiger partial charge in [0.15, 0.2) is 27.1 Å². The fourth-order valence-corrected chi connectivity index (χ4v) is 4.24. The topological polar surface area (TPSA) is 101 Å². The van der Waals surface area contributed by atoms with Crippen LogP contribution in [0.4, 0.5) is 27.5 Å². The van der Waals surface area contributed by atoms with E-state index in [1.807, 2.05) is 0 Å². The Kier molecular flexibility index (Phi) is 6.26. The van der Waals surface area contributed by atoms with E-state index in [0.717, 1.165) is 17.4 Å². The van der Waals surface area contributed by atoms with Crippen LogP contribution in [-0.2, 0) is 0 Å². The lowest BCUT2D eigenvalue weighted by Crippen LogP contribution is -2.46. The smallest absolute Gasteiger partial charge is 0.323 e. The van der Waals surface area contributed by atoms with Crippen LogP contribution in [0.15, 0.2) is 24.5 Å². The van der Waals surface area contributed by atoms with Crippen molar-refractivity contribution in [3.8, 4) is 5.88 Å². The van der Waals surface area contributed by atoms with Crippen LogP contribution in [0.5, 0.6) is 5.88 Å². The Hall–Kier alpha value is -3.55. The minimum absolute atomic E-state index is 0.0757. The molecule has 1 fully saturated rings. The number of thiazole rings is 1. The lowest BCUT2D eigenvalue weighted by molar-refractivity contribution is -0.0327. The number of nitrogens with one attached hydrogen (secondary N) is 1. The largest absolute Gasteiger partial charge is 0.479 e. The monoisotopic (exact) mass is 484 g/mol. The molecule has 1 aromatic carbocycles. The highest BCUT2D eigenvalue weighted by molar-refractivity contribution is 7.22. The van der Waals surface area contributed by atoms with Gasteiger partial charge in [-0.3, -0.25) is 15.0 Å². The van der Waals surface area contributed by atoms with E-state index < -0.39 is 41.7 Å². The highest BCUT2D eigenvalue weighted by Gasteiger charge is 2.38. The Bertz CT molecular complexity index is 1210. The number of aromatic nitrogens is 3. The molecule has 14 heteroatoms. The molecule has 0 bridgehead atoms. The van der Waals surface area contributed by atoms with Crippen molar-refractivity contribution in [1.82, 2.24) is 24.8 Å². The minimum atomic E-state index is -3.20. The van der Waals surface area contributed by atoms with Gasteiger partial charge in [-0.2, -0.15) is 13.8 Å². The van der Waals surface area contributed by atoms with Gasteiger partial charge >= 0.3 is 12.6 Å². The Morgan fingerprint density at radius 1 is 1.27 bits per heavy atom. The van der Waals surface area contributed by atoms with Crippen LogP contribution in [0.1, 0.15) is 16.8 Å². The molecule has 1 aliphatic heterocycles. The van der Waals surface area contributed by atoms with Gasteiger partial charge in [-0.1, -0.05) is 11.3 Å². The summed E-state index contributed by atoms with van der Waals surface area (Å²) in [7, 11) is 1.42. The number of alkyl halides is 2. The molecular weight excluding hydrogens is 468 g/mol. The van der Waals surface area contributed by atoms with E-state index in [1.165, 1.54) is 18.3 Å². The summed E-state index contributed by atoms with van der Waals surface area (Å²) in [6.07, 6.45) is 1.37. The van der Waals surface area contributed by atoms with Crippen LogP contribution in [0.3, 0.4) is 0 Å². The Morgan fingerprint density at radius 2 is 2.06 bits per heavy atom. The van der Waals surface area contributed by atoms with Gasteiger partial charge in [-0.15, -0.1) is 0 Å². The van der Waals surface area contributed by atoms with Gasteiger partial charge in [0, 0.05) is 18.7 Å². The predicted octanol–water partition coefficient (Wildman–Crippen LogP) is 3.34. The molecule has 0 unspecified atom stereocenters. The molecule has 0 saturated carbocycles. The summed E-state index contributed by atoms with van der Waals surface area (Å²) in [6.45, 7) is -3.28. The van der Waals surface area contributed by atoms with E-state index in [9.17, 15) is 27.2 Å². The number of urea groups is 1. The lowest BCUT2D eigenvalue weighted by Gasteiger charge is -2.28. The maximum atomic E-state index is 13.7. The van der Waals surface area contributed by atoms with Gasteiger partial charge in [0.05, 0.1) is 13.2 Å². The molecule has 9 nitrogen and oxygen atoms in total. The summed E-state index contributed by atoms with van der Waals surface area (Å²) in [4.78, 5) is 39.4. The van der Waals surface area contributed by atoms with E-state index in [0.29, 0.717) is 22.5 Å². The number of likely N-dealkylation sites (tertiary alicyclic amines) is 1. The predicted molar refractivity (Wildman–Crippen MR) is 109 cm³/mol. The SMILES string of the molecule is COc1ncnc2sc(NC(=O)N3CC[C@@H](N(C(=O)c4ccc(F)c(F)c4)C(F)F)C3)nc12. The number of ether oxygens (including phenoxy) is 1. The van der Waals surface area contributed by atoms with Gasteiger partial charge in [-0.05, 0) is 24.6 Å². The molecule has 3 aromatic rings. The van der Waals surface area contributed by atoms with Crippen LogP contribution in [0.2, 0.25) is 0 Å². The number of benzene rings is 1. The van der Waals surface area contributed by atoms with Crippen molar-refractivity contribution in [3.05, 3.63) is 41.7 Å². The molecule has 1 atom stereocenters. The van der Waals surface area contributed by atoms with Crippen LogP contribution in [-0.4, -0.2) is 69.5 Å². The third-order valence-electron chi connectivity index (χ3n) is 5.02. The van der Waals surface area contributed by atoms with E-state index >= 15 is 0 Å². The molecule has 1 N–H and O–H groups in total. The van der Waals surface area contributed by atoms with Gasteiger partial charge in [-0.25, -0.2) is 23.5 Å². The van der Waals surface area contributed by atoms with E-state index in [-0.39, 0.29) is 35.4 Å². The molecule has 1 saturated heterocycles. The van der Waals surface area contributed by atoms with Crippen LogP contribution in [0, 0.1) is 11.6 Å². The molecular formula is C19H16F4N6O3S. The van der Waals surface area contributed by atoms with Gasteiger partial charge in [0.1, 0.15) is 6.33 Å². The number of hydrogen-bond acceptors (Lipinski definition) is 7. The zero-order valence-corrected chi connectivity index (χ0v) is 17.8. The molecule has 33 heavy (non-hydrogen) atoms. The second-order valence-corrected chi connectivity index (χ2v) is 7.97. The highest BCUT2D eigenvalue weighted by Crippen LogP contribution is 2.29. The Labute approximate surface area is 188 Å². The Morgan fingerprint density at radius 3 is 2.76 bits per heavy atom. The number of nitrogens with zero attached hydrogens (tertiary/aromatic N) is 5. The quantitative estimate of drug-likeness (QED) is 0.441. The van der Waals surface area contributed by atoms with Crippen molar-refractivity contribution < 1.29 is 31.9 Å². The number of fused-ring (bicyclic) bond motifs is 1. The zero-order valence-electron chi connectivity index (χ0n) is 17.0. The first-order valence-corrected chi connectivity index (χ1v) is 10.4. The highest BCUT2D eigenvalue weighted by atomic mass is 32.1. The second kappa shape index (κ2) is 9.13. The van der Waals surface area contributed by atoms with Gasteiger partial charge in [0.25, 0.3) is 5.91 Å². The first-order chi connectivity index (χ1) is 15.8. The van der Waals surface area contributed by atoms with Crippen LogP contribution < -0.4 is 10.1 Å². The molecule has 0 aliphatic carbocycles. The second-order valence-electron chi connectivity index (χ2n) is 6.99. The van der Waals surface area contributed by atoms with Crippen LogP contribution >= 0.6 is 11.3 Å². The summed E-state index contributed by atoms with van der Waals surface area (Å²) in [5, 5.41) is 2.79. The van der Waals surface area contributed by atoms with Crippen LogP contribution in [0.25, 0.3) is 10.3 Å². The molecule has 3 amide bonds. The van der Waals surface area contributed by atoms with E-state index in [2.05, 4.69) is 20.3 Å². The van der Waals surface area contributed by atoms with Crippen molar-refractivity contribution in [1.29, 1.82) is 0 Å². The van der Waals surface area contributed by atoms with Crippen molar-refractivity contribution in [2.24, 2.45) is 0 Å². The number of amides is 3. The van der Waals surface area contributed by atoms with Crippen molar-refractivity contribution in [3.63, 3.8) is 0 Å². The molecule has 0 radical (unpaired) electrons. The summed E-state index contributed by atoms with van der Waals surface area (Å²) >= 11 is 1.08. The molecule has 4 rings (SSSR count). The third kappa shape index (κ3) is 4.51. The minimum Gasteiger partial charge on any atom is -0.479 e. The van der Waals surface area contributed by atoms with Crippen molar-refractivity contribution in [2.75, 3.05) is 25.5 Å². The molecule has 1 aliphatic rings. The first kappa shape index (κ1) is 22.6. The molecule has 0 spiro atoms. The standard InChI is InChI=1S/C19H16F4N6O3S/c1-32-14-13-15(25-8-24-14)33-18(26-13)27-19(31)28-5-4-10(7-28)29(17(22)23)16(30)9-2-3-11(20)12(21)6-9/h2-3,6,8,10,17H,4-5,7H2,1H3,(H,26,27,31)/t10-/m1/s1. The lowest BCUT2D eigenvalue weighted by atomic mass is 10.1. The fraction of sp³-hybridized carbons (Fsp3) is 0.316. The van der Waals surface area contributed by atoms with Gasteiger partial charge < -0.3 is 9.64 Å². The Balaban J connectivity index is 1.46. The molecule has 2 aromatic heterocycles. The maximum Gasteiger partial charge on any atom is 0.323 e. The summed E-state index contributed by atoms with van der Waals surface area (Å²) in [5.74, 6) is -3.44. The van der Waals surface area contributed by atoms with Crippen molar-refractivity contribution in [2.45, 2.75) is 19.0 Å². The number of halogens is 4. The number of methoxy groups -OCH3 is 1.